The first-order valence-electron chi connectivity index (χ1n) is 10.1. The molecule has 1 fully saturated rings. The molecule has 0 unspecified atom stereocenters. The second kappa shape index (κ2) is 11.2. The maximum absolute atomic E-state index is 12.8. The highest BCUT2D eigenvalue weighted by atomic mass is 16.6. The van der Waals surface area contributed by atoms with E-state index in [-0.39, 0.29) is 19.6 Å². The number of likely N-dealkylation sites (tertiary alicyclic amines) is 1. The van der Waals surface area contributed by atoms with Gasteiger partial charge in [-0.15, -0.1) is 0 Å². The number of esters is 1. The Labute approximate surface area is 175 Å². The van der Waals surface area contributed by atoms with Gasteiger partial charge in [0.2, 0.25) is 11.8 Å². The Morgan fingerprint density at radius 1 is 1.20 bits per heavy atom. The molecule has 1 aromatic rings. The van der Waals surface area contributed by atoms with Crippen molar-refractivity contribution in [2.45, 2.75) is 51.8 Å². The van der Waals surface area contributed by atoms with Crippen LogP contribution in [0, 0.1) is 5.92 Å². The smallest absolute Gasteiger partial charge is 0.410 e. The van der Waals surface area contributed by atoms with Gasteiger partial charge in [-0.25, -0.2) is 4.79 Å². The van der Waals surface area contributed by atoms with Crippen LogP contribution in [0.4, 0.5) is 4.79 Å². The summed E-state index contributed by atoms with van der Waals surface area (Å²) in [6, 6.07) is 7.42. The lowest BCUT2D eigenvalue weighted by molar-refractivity contribution is -0.145. The van der Waals surface area contributed by atoms with Gasteiger partial charge in [-0.05, 0) is 31.2 Å². The van der Waals surface area contributed by atoms with Crippen molar-refractivity contribution in [1.29, 1.82) is 0 Å². The van der Waals surface area contributed by atoms with Crippen LogP contribution in [0.25, 0.3) is 0 Å². The number of rotatable bonds is 9. The van der Waals surface area contributed by atoms with E-state index in [0.29, 0.717) is 19.4 Å². The van der Waals surface area contributed by atoms with Gasteiger partial charge in [0.05, 0.1) is 13.0 Å². The largest absolute Gasteiger partial charge is 0.466 e. The van der Waals surface area contributed by atoms with Crippen LogP contribution in [0.5, 0.6) is 0 Å². The normalized spacial score (nSPS) is 17.7. The fraction of sp³-hybridized carbons (Fsp3) is 0.524. The zero-order chi connectivity index (χ0) is 22.1. The molecule has 2 rings (SSSR count). The number of ether oxygens (including phenoxy) is 2. The molecular formula is C21H29N3O6. The Kier molecular flexibility index (Phi) is 8.64. The molecule has 1 aliphatic rings. The molecule has 0 bridgehead atoms. The third-order valence-corrected chi connectivity index (χ3v) is 4.96. The lowest BCUT2D eigenvalue weighted by atomic mass is 9.97. The van der Waals surface area contributed by atoms with Crippen molar-refractivity contribution in [3.63, 3.8) is 0 Å². The van der Waals surface area contributed by atoms with Crippen molar-refractivity contribution < 1.29 is 28.7 Å². The molecule has 1 aromatic carbocycles. The van der Waals surface area contributed by atoms with Crippen molar-refractivity contribution in [3.8, 4) is 0 Å². The molecule has 3 amide bonds. The molecular weight excluding hydrogens is 390 g/mol. The first kappa shape index (κ1) is 23.2. The van der Waals surface area contributed by atoms with Crippen LogP contribution < -0.4 is 11.1 Å². The summed E-state index contributed by atoms with van der Waals surface area (Å²) in [5.41, 5.74) is 6.27. The maximum atomic E-state index is 12.8. The number of amides is 3. The van der Waals surface area contributed by atoms with Crippen molar-refractivity contribution in [1.82, 2.24) is 10.2 Å². The zero-order valence-corrected chi connectivity index (χ0v) is 17.3. The molecule has 1 aliphatic heterocycles. The Bertz CT molecular complexity index is 754. The molecule has 0 spiro atoms. The van der Waals surface area contributed by atoms with Crippen LogP contribution >= 0.6 is 0 Å². The molecule has 1 heterocycles. The van der Waals surface area contributed by atoms with Gasteiger partial charge in [0.15, 0.2) is 0 Å². The number of hydrogen-bond acceptors (Lipinski definition) is 6. The summed E-state index contributed by atoms with van der Waals surface area (Å²) >= 11 is 0. The van der Waals surface area contributed by atoms with E-state index in [1.165, 1.54) is 4.90 Å². The summed E-state index contributed by atoms with van der Waals surface area (Å²) < 4.78 is 10.2. The van der Waals surface area contributed by atoms with Gasteiger partial charge in [0.1, 0.15) is 18.7 Å². The Balaban J connectivity index is 1.96. The molecule has 9 nitrogen and oxygen atoms in total. The SMILES string of the molecule is CCOC(=O)C[C@@H](C)[C@@H](NC(=O)[C@H]1CCCN1C(=O)OCc1ccccc1)C(N)=O. The number of primary amides is 1. The van der Waals surface area contributed by atoms with Crippen molar-refractivity contribution in [3.05, 3.63) is 35.9 Å². The molecule has 0 radical (unpaired) electrons. The van der Waals surface area contributed by atoms with Crippen LogP contribution in [-0.2, 0) is 30.5 Å². The predicted molar refractivity (Wildman–Crippen MR) is 108 cm³/mol. The number of nitrogens with two attached hydrogens (primary N) is 1. The average Bonchev–Trinajstić information content (AvgIpc) is 3.20. The Morgan fingerprint density at radius 2 is 1.90 bits per heavy atom. The van der Waals surface area contributed by atoms with E-state index >= 15 is 0 Å². The number of hydrogen-bond donors (Lipinski definition) is 2. The minimum Gasteiger partial charge on any atom is -0.466 e. The second-order valence-corrected chi connectivity index (χ2v) is 7.27. The summed E-state index contributed by atoms with van der Waals surface area (Å²) in [4.78, 5) is 50.2. The van der Waals surface area contributed by atoms with E-state index in [2.05, 4.69) is 5.32 Å². The van der Waals surface area contributed by atoms with Crippen molar-refractivity contribution in [2.24, 2.45) is 11.7 Å². The standard InChI is InChI=1S/C21H29N3O6/c1-3-29-17(25)12-14(2)18(19(22)26)23-20(27)16-10-7-11-24(16)21(28)30-13-15-8-5-4-6-9-15/h4-6,8-9,14,16,18H,3,7,10-13H2,1-2H3,(H2,22,26)(H,23,27)/t14-,16-,18-/m1/s1. The molecule has 3 N–H and O–H groups in total. The predicted octanol–water partition coefficient (Wildman–Crippen LogP) is 1.35. The Morgan fingerprint density at radius 3 is 2.53 bits per heavy atom. The van der Waals surface area contributed by atoms with Crippen LogP contribution in [0.15, 0.2) is 30.3 Å². The maximum Gasteiger partial charge on any atom is 0.410 e. The number of carbonyl (C=O) groups is 4. The summed E-state index contributed by atoms with van der Waals surface area (Å²) in [6.07, 6.45) is 0.434. The molecule has 30 heavy (non-hydrogen) atoms. The fourth-order valence-corrected chi connectivity index (χ4v) is 3.40. The molecule has 0 aromatic heterocycles. The first-order chi connectivity index (χ1) is 14.3. The summed E-state index contributed by atoms with van der Waals surface area (Å²) in [5.74, 6) is -2.28. The quantitative estimate of drug-likeness (QED) is 0.582. The molecule has 9 heteroatoms. The highest BCUT2D eigenvalue weighted by Gasteiger charge is 2.37. The van der Waals surface area contributed by atoms with Crippen molar-refractivity contribution >= 4 is 23.9 Å². The van der Waals surface area contributed by atoms with Gasteiger partial charge in [-0.1, -0.05) is 37.3 Å². The monoisotopic (exact) mass is 419 g/mol. The van der Waals surface area contributed by atoms with Crippen LogP contribution in [0.3, 0.4) is 0 Å². The number of carbonyl (C=O) groups excluding carboxylic acids is 4. The summed E-state index contributed by atoms with van der Waals surface area (Å²) in [6.45, 7) is 4.02. The summed E-state index contributed by atoms with van der Waals surface area (Å²) in [7, 11) is 0. The van der Waals surface area contributed by atoms with Crippen LogP contribution in [0.1, 0.15) is 38.7 Å². The Hall–Kier alpha value is -3.10. The fourth-order valence-electron chi connectivity index (χ4n) is 3.40. The average molecular weight is 419 g/mol. The molecule has 0 aliphatic carbocycles. The molecule has 0 saturated carbocycles. The van der Waals surface area contributed by atoms with Gasteiger partial charge < -0.3 is 20.5 Å². The third-order valence-electron chi connectivity index (χ3n) is 4.96. The molecule has 3 atom stereocenters. The van der Waals surface area contributed by atoms with E-state index < -0.39 is 41.9 Å². The van der Waals surface area contributed by atoms with E-state index in [1.807, 2.05) is 30.3 Å². The van der Waals surface area contributed by atoms with Crippen molar-refractivity contribution in [2.75, 3.05) is 13.2 Å². The number of nitrogens with one attached hydrogen (secondary N) is 1. The van der Waals surface area contributed by atoms with E-state index in [9.17, 15) is 19.2 Å². The lowest BCUT2D eigenvalue weighted by Gasteiger charge is -2.27. The lowest BCUT2D eigenvalue weighted by Crippen LogP contribution is -2.54. The molecule has 164 valence electrons. The van der Waals surface area contributed by atoms with Gasteiger partial charge in [-0.3, -0.25) is 19.3 Å². The minimum atomic E-state index is -1.05. The van der Waals surface area contributed by atoms with Crippen LogP contribution in [0.2, 0.25) is 0 Å². The zero-order valence-electron chi connectivity index (χ0n) is 17.3. The van der Waals surface area contributed by atoms with Gasteiger partial charge in [-0.2, -0.15) is 0 Å². The number of nitrogens with zero attached hydrogens (tertiary/aromatic N) is 1. The highest BCUT2D eigenvalue weighted by molar-refractivity contribution is 5.91. The van der Waals surface area contributed by atoms with Gasteiger partial charge in [0, 0.05) is 6.54 Å². The van der Waals surface area contributed by atoms with Gasteiger partial charge >= 0.3 is 12.1 Å². The highest BCUT2D eigenvalue weighted by Crippen LogP contribution is 2.20. The van der Waals surface area contributed by atoms with Gasteiger partial charge in [0.25, 0.3) is 0 Å². The first-order valence-corrected chi connectivity index (χ1v) is 10.1. The van der Waals surface area contributed by atoms with E-state index in [4.69, 9.17) is 15.2 Å². The van der Waals surface area contributed by atoms with Crippen LogP contribution in [-0.4, -0.2) is 54.0 Å². The molecule has 1 saturated heterocycles. The second-order valence-electron chi connectivity index (χ2n) is 7.27. The summed E-state index contributed by atoms with van der Waals surface area (Å²) in [5, 5.41) is 2.59. The van der Waals surface area contributed by atoms with E-state index in [1.54, 1.807) is 13.8 Å². The third kappa shape index (κ3) is 6.47. The minimum absolute atomic E-state index is 0.0603. The number of benzene rings is 1. The van der Waals surface area contributed by atoms with E-state index in [0.717, 1.165) is 5.56 Å². The topological polar surface area (TPSA) is 128 Å².